The number of hydrazine groups is 1. The molecular weight excluding hydrogens is 428 g/mol. The summed E-state index contributed by atoms with van der Waals surface area (Å²) in [5, 5.41) is 35.9. The van der Waals surface area contributed by atoms with Crippen molar-refractivity contribution < 1.29 is 14.5 Å². The molecule has 0 saturated heterocycles. The Hall–Kier alpha value is -4.81. The van der Waals surface area contributed by atoms with Crippen LogP contribution in [0.25, 0.3) is 0 Å². The van der Waals surface area contributed by atoms with Crippen LogP contribution in [0.1, 0.15) is 29.9 Å². The molecule has 3 amide bonds. The van der Waals surface area contributed by atoms with E-state index < -0.39 is 22.8 Å². The van der Waals surface area contributed by atoms with Gasteiger partial charge in [0.15, 0.2) is 0 Å². The zero-order valence-electron chi connectivity index (χ0n) is 17.3. The molecule has 0 aliphatic rings. The maximum atomic E-state index is 12.4. The number of nitro groups is 1. The Kier molecular flexibility index (Phi) is 9.00. The largest absolute Gasteiger partial charge is 0.349 e. The van der Waals surface area contributed by atoms with Crippen molar-refractivity contribution in [2.45, 2.75) is 25.2 Å². The fourth-order valence-corrected chi connectivity index (χ4v) is 2.84. The lowest BCUT2D eigenvalue weighted by molar-refractivity contribution is -0.384. The second-order valence-corrected chi connectivity index (χ2v) is 6.68. The second kappa shape index (κ2) is 12.1. The van der Waals surface area contributed by atoms with Gasteiger partial charge in [0.25, 0.3) is 5.69 Å². The fraction of sp³-hybridized carbons (Fsp3) is 0.190. The summed E-state index contributed by atoms with van der Waals surface area (Å²) in [4.78, 5) is 34.1. The van der Waals surface area contributed by atoms with Crippen LogP contribution in [0.15, 0.2) is 53.6 Å². The first-order valence-corrected chi connectivity index (χ1v) is 9.60. The molecule has 2 aromatic rings. The highest BCUT2D eigenvalue weighted by atomic mass is 16.6. The smallest absolute Gasteiger partial charge is 0.326 e. The van der Waals surface area contributed by atoms with E-state index in [1.54, 1.807) is 24.3 Å². The van der Waals surface area contributed by atoms with E-state index in [2.05, 4.69) is 21.9 Å². The molecule has 0 saturated carbocycles. The Morgan fingerprint density at radius 3 is 2.48 bits per heavy atom. The monoisotopic (exact) mass is 448 g/mol. The van der Waals surface area contributed by atoms with Crippen LogP contribution in [0.5, 0.6) is 0 Å². The molecule has 0 unspecified atom stereocenters. The third-order valence-electron chi connectivity index (χ3n) is 4.44. The van der Waals surface area contributed by atoms with Gasteiger partial charge in [0.2, 0.25) is 5.91 Å². The van der Waals surface area contributed by atoms with E-state index in [-0.39, 0.29) is 36.3 Å². The SMILES string of the molecule is N#CCc1ccc([C@H](C#N)/C(CCC(=O)Nc2cccc([N+](=O)[O-])c2)=N/NC(=O)NN)cc1. The summed E-state index contributed by atoms with van der Waals surface area (Å²) >= 11 is 0. The number of nitrogens with two attached hydrogens (primary N) is 1. The lowest BCUT2D eigenvalue weighted by Gasteiger charge is -2.14. The first-order chi connectivity index (χ1) is 15.9. The molecule has 0 aliphatic carbocycles. The number of hydrogen-bond donors (Lipinski definition) is 4. The summed E-state index contributed by atoms with van der Waals surface area (Å²) < 4.78 is 0. The van der Waals surface area contributed by atoms with E-state index in [1.165, 1.54) is 24.3 Å². The van der Waals surface area contributed by atoms with Gasteiger partial charge in [-0.25, -0.2) is 16.1 Å². The van der Waals surface area contributed by atoms with E-state index in [4.69, 9.17) is 11.1 Å². The van der Waals surface area contributed by atoms with Gasteiger partial charge in [-0.05, 0) is 23.6 Å². The third kappa shape index (κ3) is 7.43. The number of urea groups is 1. The predicted molar refractivity (Wildman–Crippen MR) is 118 cm³/mol. The summed E-state index contributed by atoms with van der Waals surface area (Å²) in [7, 11) is 0. The number of hydrazone groups is 1. The first kappa shape index (κ1) is 24.5. The molecule has 0 radical (unpaired) electrons. The molecule has 1 atom stereocenters. The van der Waals surface area contributed by atoms with Gasteiger partial charge in [0.05, 0.1) is 29.2 Å². The molecule has 12 heteroatoms. The summed E-state index contributed by atoms with van der Waals surface area (Å²) in [5.41, 5.74) is 5.61. The molecule has 5 N–H and O–H groups in total. The van der Waals surface area contributed by atoms with Crippen LogP contribution in [-0.4, -0.2) is 22.6 Å². The third-order valence-corrected chi connectivity index (χ3v) is 4.44. The number of hydrogen-bond acceptors (Lipinski definition) is 8. The van der Waals surface area contributed by atoms with E-state index in [0.717, 1.165) is 5.56 Å². The Balaban J connectivity index is 2.17. The van der Waals surface area contributed by atoms with E-state index >= 15 is 0 Å². The van der Waals surface area contributed by atoms with Gasteiger partial charge in [-0.15, -0.1) is 0 Å². The average molecular weight is 448 g/mol. The van der Waals surface area contributed by atoms with E-state index in [1.807, 2.05) is 11.5 Å². The quantitative estimate of drug-likeness (QED) is 0.148. The van der Waals surface area contributed by atoms with Crippen LogP contribution in [0.2, 0.25) is 0 Å². The highest BCUT2D eigenvalue weighted by molar-refractivity contribution is 5.98. The minimum atomic E-state index is -0.884. The number of carbonyl (C=O) groups is 2. The minimum Gasteiger partial charge on any atom is -0.326 e. The summed E-state index contributed by atoms with van der Waals surface area (Å²) in [6.45, 7) is 0. The summed E-state index contributed by atoms with van der Waals surface area (Å²) in [6.07, 6.45) is 0.108. The Labute approximate surface area is 188 Å². The molecule has 12 nitrogen and oxygen atoms in total. The molecule has 168 valence electrons. The average Bonchev–Trinajstić information content (AvgIpc) is 2.81. The van der Waals surface area contributed by atoms with Crippen molar-refractivity contribution in [3.05, 3.63) is 69.8 Å². The summed E-state index contributed by atoms with van der Waals surface area (Å²) in [5.74, 6) is 3.68. The number of nitrogens with one attached hydrogen (secondary N) is 3. The number of anilines is 1. The molecule has 0 aromatic heterocycles. The molecule has 0 fully saturated rings. The number of carbonyl (C=O) groups excluding carboxylic acids is 2. The van der Waals surface area contributed by atoms with Crippen molar-refractivity contribution in [1.29, 1.82) is 10.5 Å². The van der Waals surface area contributed by atoms with Crippen molar-refractivity contribution in [2.24, 2.45) is 10.9 Å². The lowest BCUT2D eigenvalue weighted by atomic mass is 9.92. The van der Waals surface area contributed by atoms with Crippen molar-refractivity contribution in [3.63, 3.8) is 0 Å². The zero-order valence-corrected chi connectivity index (χ0v) is 17.3. The standard InChI is InChI=1S/C21H20N8O4/c22-11-10-14-4-6-15(7-5-14)18(13-23)19(27-28-21(31)26-24)8-9-20(30)25-16-2-1-3-17(12-16)29(32)33/h1-7,12,18H,8-10,24H2,(H,25,30)(H2,26,28,31)/b27-19+/t18-/m0/s1. The maximum absolute atomic E-state index is 12.4. The van der Waals surface area contributed by atoms with E-state index in [0.29, 0.717) is 5.56 Å². The highest BCUT2D eigenvalue weighted by Crippen LogP contribution is 2.21. The van der Waals surface area contributed by atoms with Crippen LogP contribution in [0, 0.1) is 32.8 Å². The van der Waals surface area contributed by atoms with Crippen molar-refractivity contribution in [3.8, 4) is 12.1 Å². The van der Waals surface area contributed by atoms with Crippen molar-refractivity contribution in [1.82, 2.24) is 10.9 Å². The predicted octanol–water partition coefficient (Wildman–Crippen LogP) is 2.22. The van der Waals surface area contributed by atoms with Crippen molar-refractivity contribution >= 4 is 29.0 Å². The van der Waals surface area contributed by atoms with Gasteiger partial charge in [-0.1, -0.05) is 30.3 Å². The topological polar surface area (TPSA) is 199 Å². The number of rotatable bonds is 9. The molecule has 0 bridgehead atoms. The van der Waals surface area contributed by atoms with Gasteiger partial charge in [-0.3, -0.25) is 20.3 Å². The van der Waals surface area contributed by atoms with Gasteiger partial charge < -0.3 is 5.32 Å². The van der Waals surface area contributed by atoms with Crippen molar-refractivity contribution in [2.75, 3.05) is 5.32 Å². The molecule has 2 aromatic carbocycles. The van der Waals surface area contributed by atoms with Crippen LogP contribution in [0.4, 0.5) is 16.2 Å². The highest BCUT2D eigenvalue weighted by Gasteiger charge is 2.20. The second-order valence-electron chi connectivity index (χ2n) is 6.68. The fourth-order valence-electron chi connectivity index (χ4n) is 2.84. The number of benzene rings is 2. The van der Waals surface area contributed by atoms with Gasteiger partial charge >= 0.3 is 6.03 Å². The number of nitrogens with zero attached hydrogens (tertiary/aromatic N) is 4. The Bertz CT molecular complexity index is 1130. The van der Waals surface area contributed by atoms with Gasteiger partial charge in [0.1, 0.15) is 5.92 Å². The minimum absolute atomic E-state index is 0.00376. The van der Waals surface area contributed by atoms with Gasteiger partial charge in [0, 0.05) is 24.2 Å². The van der Waals surface area contributed by atoms with Gasteiger partial charge in [-0.2, -0.15) is 15.6 Å². The molecule has 0 spiro atoms. The van der Waals surface area contributed by atoms with Crippen LogP contribution in [0.3, 0.4) is 0 Å². The Morgan fingerprint density at radius 2 is 1.88 bits per heavy atom. The molecule has 0 heterocycles. The molecule has 0 aliphatic heterocycles. The van der Waals surface area contributed by atoms with Crippen LogP contribution >= 0.6 is 0 Å². The summed E-state index contributed by atoms with van der Waals surface area (Å²) in [6, 6.07) is 15.5. The number of non-ortho nitro benzene ring substituents is 1. The number of nitriles is 2. The normalized spacial score (nSPS) is 11.4. The number of amides is 3. The lowest BCUT2D eigenvalue weighted by Crippen LogP contribution is -2.38. The molecule has 2 rings (SSSR count). The van der Waals surface area contributed by atoms with Crippen LogP contribution < -0.4 is 22.0 Å². The first-order valence-electron chi connectivity index (χ1n) is 9.60. The number of nitro benzene ring substituents is 1. The maximum Gasteiger partial charge on any atom is 0.349 e. The Morgan fingerprint density at radius 1 is 1.15 bits per heavy atom. The zero-order chi connectivity index (χ0) is 24.2. The molecule has 33 heavy (non-hydrogen) atoms. The van der Waals surface area contributed by atoms with E-state index in [9.17, 15) is 25.0 Å². The molecular formula is C21H20N8O4. The van der Waals surface area contributed by atoms with Crippen LogP contribution in [-0.2, 0) is 11.2 Å².